The smallest absolute Gasteiger partial charge is 0.410 e. The molecule has 3 rings (SSSR count). The van der Waals surface area contributed by atoms with Crippen molar-refractivity contribution in [1.82, 2.24) is 19.9 Å². The summed E-state index contributed by atoms with van der Waals surface area (Å²) < 4.78 is 7.09. The molecule has 1 atom stereocenters. The number of benzene rings is 1. The van der Waals surface area contributed by atoms with Gasteiger partial charge in [-0.2, -0.15) is 0 Å². The zero-order chi connectivity index (χ0) is 17.5. The SMILES string of the molecule is CC(C)(C)OC(=O)N1CCC(n2nnc3ccc(C(=O)O)cc32)C1. The first kappa shape index (κ1) is 16.2. The van der Waals surface area contributed by atoms with E-state index in [1.807, 2.05) is 20.8 Å². The molecule has 1 unspecified atom stereocenters. The summed E-state index contributed by atoms with van der Waals surface area (Å²) in [6, 6.07) is 4.66. The Kier molecular flexibility index (Phi) is 3.90. The first-order valence-electron chi connectivity index (χ1n) is 7.81. The summed E-state index contributed by atoms with van der Waals surface area (Å²) in [6.07, 6.45) is 0.371. The van der Waals surface area contributed by atoms with Gasteiger partial charge in [-0.15, -0.1) is 5.10 Å². The average molecular weight is 332 g/mol. The highest BCUT2D eigenvalue weighted by molar-refractivity contribution is 5.92. The van der Waals surface area contributed by atoms with E-state index in [2.05, 4.69) is 10.3 Å². The van der Waals surface area contributed by atoms with Gasteiger partial charge in [-0.25, -0.2) is 14.3 Å². The number of likely N-dealkylation sites (tertiary alicyclic amines) is 1. The van der Waals surface area contributed by atoms with Crippen molar-refractivity contribution in [3.05, 3.63) is 23.8 Å². The summed E-state index contributed by atoms with van der Waals surface area (Å²) in [6.45, 7) is 6.52. The molecule has 1 aromatic heterocycles. The van der Waals surface area contributed by atoms with Gasteiger partial charge in [-0.3, -0.25) is 0 Å². The fourth-order valence-corrected chi connectivity index (χ4v) is 2.77. The molecular formula is C16H20N4O4. The molecular weight excluding hydrogens is 312 g/mol. The van der Waals surface area contributed by atoms with Crippen molar-refractivity contribution in [3.8, 4) is 0 Å². The third kappa shape index (κ3) is 3.17. The van der Waals surface area contributed by atoms with Crippen LogP contribution in [0.4, 0.5) is 4.79 Å². The van der Waals surface area contributed by atoms with Gasteiger partial charge in [0, 0.05) is 13.1 Å². The molecule has 0 radical (unpaired) electrons. The minimum Gasteiger partial charge on any atom is -0.478 e. The van der Waals surface area contributed by atoms with Crippen molar-refractivity contribution in [2.45, 2.75) is 38.8 Å². The van der Waals surface area contributed by atoms with E-state index in [0.29, 0.717) is 24.1 Å². The van der Waals surface area contributed by atoms with Crippen LogP contribution in [-0.2, 0) is 4.74 Å². The van der Waals surface area contributed by atoms with E-state index in [4.69, 9.17) is 9.84 Å². The van der Waals surface area contributed by atoms with E-state index in [9.17, 15) is 9.59 Å². The quantitative estimate of drug-likeness (QED) is 0.906. The number of aromatic nitrogens is 3. The van der Waals surface area contributed by atoms with Crippen LogP contribution in [0.3, 0.4) is 0 Å². The zero-order valence-electron chi connectivity index (χ0n) is 13.9. The van der Waals surface area contributed by atoms with Gasteiger partial charge in [-0.1, -0.05) is 5.21 Å². The van der Waals surface area contributed by atoms with Gasteiger partial charge < -0.3 is 14.7 Å². The third-order valence-electron chi connectivity index (χ3n) is 3.88. The second-order valence-electron chi connectivity index (χ2n) is 6.91. The molecule has 1 saturated heterocycles. The number of hydrogen-bond donors (Lipinski definition) is 1. The molecule has 0 bridgehead atoms. The second-order valence-corrected chi connectivity index (χ2v) is 6.91. The Bertz CT molecular complexity index is 793. The molecule has 1 amide bonds. The minimum absolute atomic E-state index is 0.0495. The molecule has 24 heavy (non-hydrogen) atoms. The second kappa shape index (κ2) is 5.77. The molecule has 8 nitrogen and oxygen atoms in total. The monoisotopic (exact) mass is 332 g/mol. The number of hydrogen-bond acceptors (Lipinski definition) is 5. The number of aromatic carboxylic acids is 1. The summed E-state index contributed by atoms with van der Waals surface area (Å²) in [5.74, 6) is -0.994. The van der Waals surface area contributed by atoms with E-state index in [1.165, 1.54) is 6.07 Å². The molecule has 2 heterocycles. The summed E-state index contributed by atoms with van der Waals surface area (Å²) >= 11 is 0. The lowest BCUT2D eigenvalue weighted by atomic mass is 10.2. The number of carboxylic acid groups (broad SMARTS) is 1. The molecule has 1 fully saturated rings. The van der Waals surface area contributed by atoms with Gasteiger partial charge in [0.1, 0.15) is 11.1 Å². The van der Waals surface area contributed by atoms with Crippen LogP contribution in [0.5, 0.6) is 0 Å². The number of carbonyl (C=O) groups excluding carboxylic acids is 1. The summed E-state index contributed by atoms with van der Waals surface area (Å²) in [5, 5.41) is 17.4. The van der Waals surface area contributed by atoms with Gasteiger partial charge in [0.25, 0.3) is 0 Å². The van der Waals surface area contributed by atoms with E-state index < -0.39 is 11.6 Å². The largest absolute Gasteiger partial charge is 0.478 e. The number of fused-ring (bicyclic) bond motifs is 1. The molecule has 0 spiro atoms. The van der Waals surface area contributed by atoms with Crippen LogP contribution in [0.1, 0.15) is 43.6 Å². The Labute approximate surface area is 139 Å². The standard InChI is InChI=1S/C16H20N4O4/c1-16(2,3)24-15(23)19-7-6-11(9-19)20-13-8-10(14(21)22)4-5-12(13)17-18-20/h4-5,8,11H,6-7,9H2,1-3H3,(H,21,22). The fourth-order valence-electron chi connectivity index (χ4n) is 2.77. The third-order valence-corrected chi connectivity index (χ3v) is 3.88. The number of nitrogens with zero attached hydrogens (tertiary/aromatic N) is 4. The van der Waals surface area contributed by atoms with Crippen LogP contribution in [0.25, 0.3) is 11.0 Å². The molecule has 8 heteroatoms. The lowest BCUT2D eigenvalue weighted by Crippen LogP contribution is -2.35. The maximum atomic E-state index is 12.2. The normalized spacial score (nSPS) is 18.1. The predicted octanol–water partition coefficient (Wildman–Crippen LogP) is 2.31. The maximum Gasteiger partial charge on any atom is 0.410 e. The molecule has 1 aromatic carbocycles. The molecule has 1 N–H and O–H groups in total. The van der Waals surface area contributed by atoms with Gasteiger partial charge in [-0.05, 0) is 45.4 Å². The van der Waals surface area contributed by atoms with E-state index in [-0.39, 0.29) is 17.7 Å². The van der Waals surface area contributed by atoms with E-state index >= 15 is 0 Å². The van der Waals surface area contributed by atoms with Crippen molar-refractivity contribution < 1.29 is 19.4 Å². The van der Waals surface area contributed by atoms with Crippen LogP contribution < -0.4 is 0 Å². The molecule has 0 aliphatic carbocycles. The van der Waals surface area contributed by atoms with Crippen molar-refractivity contribution in [2.75, 3.05) is 13.1 Å². The Morgan fingerprint density at radius 1 is 1.33 bits per heavy atom. The lowest BCUT2D eigenvalue weighted by molar-refractivity contribution is 0.0288. The molecule has 128 valence electrons. The first-order chi connectivity index (χ1) is 11.2. The number of amides is 1. The van der Waals surface area contributed by atoms with Crippen LogP contribution in [0.15, 0.2) is 18.2 Å². The summed E-state index contributed by atoms with van der Waals surface area (Å²) in [4.78, 5) is 25.0. The first-order valence-corrected chi connectivity index (χ1v) is 7.81. The van der Waals surface area contributed by atoms with Crippen LogP contribution >= 0.6 is 0 Å². The highest BCUT2D eigenvalue weighted by Crippen LogP contribution is 2.26. The van der Waals surface area contributed by atoms with Gasteiger partial charge in [0.05, 0.1) is 17.1 Å². The van der Waals surface area contributed by atoms with Crippen LogP contribution in [0, 0.1) is 0 Å². The zero-order valence-corrected chi connectivity index (χ0v) is 13.9. The lowest BCUT2D eigenvalue weighted by Gasteiger charge is -2.24. The van der Waals surface area contributed by atoms with E-state index in [1.54, 1.807) is 21.7 Å². The maximum absolute atomic E-state index is 12.2. The van der Waals surface area contributed by atoms with Crippen molar-refractivity contribution >= 4 is 23.1 Å². The van der Waals surface area contributed by atoms with Gasteiger partial charge in [0.15, 0.2) is 0 Å². The number of carboxylic acids is 1. The topological polar surface area (TPSA) is 97.5 Å². The minimum atomic E-state index is -0.994. The van der Waals surface area contributed by atoms with Crippen molar-refractivity contribution in [1.29, 1.82) is 0 Å². The molecule has 1 aliphatic heterocycles. The Balaban J connectivity index is 1.81. The highest BCUT2D eigenvalue weighted by atomic mass is 16.6. The van der Waals surface area contributed by atoms with Gasteiger partial charge >= 0.3 is 12.1 Å². The van der Waals surface area contributed by atoms with E-state index in [0.717, 1.165) is 6.42 Å². The van der Waals surface area contributed by atoms with Crippen molar-refractivity contribution in [2.24, 2.45) is 0 Å². The Morgan fingerprint density at radius 2 is 2.08 bits per heavy atom. The number of carbonyl (C=O) groups is 2. The molecule has 0 saturated carbocycles. The highest BCUT2D eigenvalue weighted by Gasteiger charge is 2.32. The number of rotatable bonds is 2. The van der Waals surface area contributed by atoms with Crippen LogP contribution in [-0.4, -0.2) is 55.8 Å². The fraction of sp³-hybridized carbons (Fsp3) is 0.500. The van der Waals surface area contributed by atoms with Gasteiger partial charge in [0.2, 0.25) is 0 Å². The summed E-state index contributed by atoms with van der Waals surface area (Å²) in [5.41, 5.74) is 0.945. The van der Waals surface area contributed by atoms with Crippen LogP contribution in [0.2, 0.25) is 0 Å². The predicted molar refractivity (Wildman–Crippen MR) is 85.9 cm³/mol. The Hall–Kier alpha value is -2.64. The number of ether oxygens (including phenoxy) is 1. The molecule has 2 aromatic rings. The average Bonchev–Trinajstić information content (AvgIpc) is 3.11. The Morgan fingerprint density at radius 3 is 2.75 bits per heavy atom. The summed E-state index contributed by atoms with van der Waals surface area (Å²) in [7, 11) is 0. The molecule has 1 aliphatic rings. The van der Waals surface area contributed by atoms with Crippen molar-refractivity contribution in [3.63, 3.8) is 0 Å².